The van der Waals surface area contributed by atoms with Crippen molar-refractivity contribution in [3.8, 4) is 0 Å². The van der Waals surface area contributed by atoms with Gasteiger partial charge in [-0.2, -0.15) is 0 Å². The standard InChI is InChI=1S/C16H17IN2O/c1-10-14(16(18)20)4-3-5-15(10)19-11(2)12-6-8-13(17)9-7-12/h3-9,11,19H,1-2H3,(H2,18,20). The molecule has 1 unspecified atom stereocenters. The minimum absolute atomic E-state index is 0.161. The van der Waals surface area contributed by atoms with Gasteiger partial charge in [0.25, 0.3) is 0 Å². The molecule has 0 aliphatic heterocycles. The van der Waals surface area contributed by atoms with Gasteiger partial charge in [-0.15, -0.1) is 0 Å². The molecule has 1 atom stereocenters. The molecular weight excluding hydrogens is 363 g/mol. The lowest BCUT2D eigenvalue weighted by atomic mass is 10.0. The average Bonchev–Trinajstić information content (AvgIpc) is 2.41. The van der Waals surface area contributed by atoms with Gasteiger partial charge in [0, 0.05) is 20.9 Å². The first kappa shape index (κ1) is 14.8. The van der Waals surface area contributed by atoms with E-state index in [0.717, 1.165) is 11.3 Å². The van der Waals surface area contributed by atoms with E-state index in [4.69, 9.17) is 5.73 Å². The van der Waals surface area contributed by atoms with Crippen LogP contribution in [0, 0.1) is 10.5 Å². The third kappa shape index (κ3) is 3.30. The summed E-state index contributed by atoms with van der Waals surface area (Å²) >= 11 is 2.29. The number of amides is 1. The van der Waals surface area contributed by atoms with E-state index in [1.807, 2.05) is 19.1 Å². The monoisotopic (exact) mass is 380 g/mol. The summed E-state index contributed by atoms with van der Waals surface area (Å²) in [7, 11) is 0. The van der Waals surface area contributed by atoms with Crippen LogP contribution < -0.4 is 11.1 Å². The molecule has 0 bridgehead atoms. The number of nitrogens with one attached hydrogen (secondary N) is 1. The Morgan fingerprint density at radius 2 is 1.85 bits per heavy atom. The third-order valence-electron chi connectivity index (χ3n) is 3.34. The fourth-order valence-electron chi connectivity index (χ4n) is 2.13. The molecule has 3 N–H and O–H groups in total. The molecule has 0 spiro atoms. The van der Waals surface area contributed by atoms with Crippen LogP contribution in [0.4, 0.5) is 5.69 Å². The van der Waals surface area contributed by atoms with Crippen molar-refractivity contribution >= 4 is 34.2 Å². The lowest BCUT2D eigenvalue weighted by molar-refractivity contribution is 0.1000. The van der Waals surface area contributed by atoms with Gasteiger partial charge < -0.3 is 11.1 Å². The summed E-state index contributed by atoms with van der Waals surface area (Å²) in [6, 6.07) is 14.1. The first-order valence-electron chi connectivity index (χ1n) is 6.40. The fraction of sp³-hybridized carbons (Fsp3) is 0.188. The van der Waals surface area contributed by atoms with E-state index in [0.29, 0.717) is 5.56 Å². The predicted molar refractivity (Wildman–Crippen MR) is 90.9 cm³/mol. The zero-order valence-corrected chi connectivity index (χ0v) is 13.6. The number of hydrogen-bond donors (Lipinski definition) is 2. The largest absolute Gasteiger partial charge is 0.378 e. The van der Waals surface area contributed by atoms with Crippen LogP contribution in [0.15, 0.2) is 42.5 Å². The van der Waals surface area contributed by atoms with Gasteiger partial charge in [-0.25, -0.2) is 0 Å². The van der Waals surface area contributed by atoms with E-state index in [1.165, 1.54) is 9.13 Å². The molecule has 2 rings (SSSR count). The Balaban J connectivity index is 2.23. The van der Waals surface area contributed by atoms with Crippen LogP contribution in [-0.2, 0) is 0 Å². The van der Waals surface area contributed by atoms with Crippen LogP contribution in [0.5, 0.6) is 0 Å². The molecule has 2 aromatic rings. The Hall–Kier alpha value is -1.56. The van der Waals surface area contributed by atoms with Crippen molar-refractivity contribution in [3.63, 3.8) is 0 Å². The van der Waals surface area contributed by atoms with Gasteiger partial charge in [0.2, 0.25) is 5.91 Å². The summed E-state index contributed by atoms with van der Waals surface area (Å²) in [5, 5.41) is 3.43. The van der Waals surface area contributed by atoms with Gasteiger partial charge in [0.15, 0.2) is 0 Å². The molecule has 4 heteroatoms. The van der Waals surface area contributed by atoms with Crippen LogP contribution in [0.3, 0.4) is 0 Å². The van der Waals surface area contributed by atoms with E-state index in [-0.39, 0.29) is 6.04 Å². The molecule has 3 nitrogen and oxygen atoms in total. The summed E-state index contributed by atoms with van der Waals surface area (Å²) in [6.07, 6.45) is 0. The predicted octanol–water partition coefficient (Wildman–Crippen LogP) is 3.87. The van der Waals surface area contributed by atoms with Crippen LogP contribution in [0.1, 0.15) is 34.5 Å². The molecular formula is C16H17IN2O. The molecule has 1 amide bonds. The molecule has 0 saturated heterocycles. The van der Waals surface area contributed by atoms with Gasteiger partial charge in [-0.05, 0) is 71.8 Å². The maximum absolute atomic E-state index is 11.4. The van der Waals surface area contributed by atoms with Crippen molar-refractivity contribution in [1.29, 1.82) is 0 Å². The summed E-state index contributed by atoms with van der Waals surface area (Å²) < 4.78 is 1.21. The van der Waals surface area contributed by atoms with Crippen molar-refractivity contribution in [2.45, 2.75) is 19.9 Å². The van der Waals surface area contributed by atoms with Gasteiger partial charge >= 0.3 is 0 Å². The van der Waals surface area contributed by atoms with E-state index in [9.17, 15) is 4.79 Å². The minimum atomic E-state index is -0.395. The van der Waals surface area contributed by atoms with E-state index >= 15 is 0 Å². The second-order valence-corrected chi connectivity index (χ2v) is 6.01. The number of rotatable bonds is 4. The summed E-state index contributed by atoms with van der Waals surface area (Å²) in [5.74, 6) is -0.395. The van der Waals surface area contributed by atoms with Gasteiger partial charge in [0.1, 0.15) is 0 Å². The normalized spacial score (nSPS) is 11.9. The lowest BCUT2D eigenvalue weighted by Gasteiger charge is -2.18. The minimum Gasteiger partial charge on any atom is -0.378 e. The van der Waals surface area contributed by atoms with Crippen LogP contribution >= 0.6 is 22.6 Å². The zero-order chi connectivity index (χ0) is 14.7. The van der Waals surface area contributed by atoms with E-state index in [2.05, 4.69) is 59.1 Å². The Morgan fingerprint density at radius 3 is 2.45 bits per heavy atom. The maximum atomic E-state index is 11.4. The Kier molecular flexibility index (Phi) is 4.65. The fourth-order valence-corrected chi connectivity index (χ4v) is 2.49. The van der Waals surface area contributed by atoms with E-state index < -0.39 is 5.91 Å². The Bertz CT molecular complexity index is 623. The number of halogens is 1. The highest BCUT2D eigenvalue weighted by atomic mass is 127. The molecule has 104 valence electrons. The molecule has 0 fully saturated rings. The SMILES string of the molecule is Cc1c(NC(C)c2ccc(I)cc2)cccc1C(N)=O. The molecule has 0 aliphatic rings. The van der Waals surface area contributed by atoms with Crippen LogP contribution in [0.2, 0.25) is 0 Å². The summed E-state index contributed by atoms with van der Waals surface area (Å²) in [6.45, 7) is 4.00. The number of nitrogens with two attached hydrogens (primary N) is 1. The van der Waals surface area contributed by atoms with Gasteiger partial charge in [0.05, 0.1) is 0 Å². The number of benzene rings is 2. The van der Waals surface area contributed by atoms with Crippen molar-refractivity contribution in [2.24, 2.45) is 5.73 Å². The summed E-state index contributed by atoms with van der Waals surface area (Å²) in [5.41, 5.74) is 8.96. The quantitative estimate of drug-likeness (QED) is 0.792. The highest BCUT2D eigenvalue weighted by Gasteiger charge is 2.11. The lowest BCUT2D eigenvalue weighted by Crippen LogP contribution is -2.15. The molecule has 2 aromatic carbocycles. The van der Waals surface area contributed by atoms with Gasteiger partial charge in [-0.1, -0.05) is 18.2 Å². The molecule has 0 radical (unpaired) electrons. The van der Waals surface area contributed by atoms with Crippen molar-refractivity contribution in [1.82, 2.24) is 0 Å². The second kappa shape index (κ2) is 6.26. The van der Waals surface area contributed by atoms with Crippen molar-refractivity contribution < 1.29 is 4.79 Å². The number of hydrogen-bond acceptors (Lipinski definition) is 2. The third-order valence-corrected chi connectivity index (χ3v) is 4.06. The topological polar surface area (TPSA) is 55.1 Å². The molecule has 0 aliphatic carbocycles. The van der Waals surface area contributed by atoms with Crippen molar-refractivity contribution in [2.75, 3.05) is 5.32 Å². The highest BCUT2D eigenvalue weighted by Crippen LogP contribution is 2.24. The number of carbonyl (C=O) groups excluding carboxylic acids is 1. The first-order chi connectivity index (χ1) is 9.49. The second-order valence-electron chi connectivity index (χ2n) is 4.76. The Labute approximate surface area is 132 Å². The van der Waals surface area contributed by atoms with Crippen LogP contribution in [0.25, 0.3) is 0 Å². The highest BCUT2D eigenvalue weighted by molar-refractivity contribution is 14.1. The number of primary amides is 1. The number of carbonyl (C=O) groups is 1. The molecule has 0 heterocycles. The van der Waals surface area contributed by atoms with Crippen LogP contribution in [-0.4, -0.2) is 5.91 Å². The number of anilines is 1. The van der Waals surface area contributed by atoms with E-state index in [1.54, 1.807) is 6.07 Å². The van der Waals surface area contributed by atoms with Gasteiger partial charge in [-0.3, -0.25) is 4.79 Å². The maximum Gasteiger partial charge on any atom is 0.249 e. The first-order valence-corrected chi connectivity index (χ1v) is 7.48. The zero-order valence-electron chi connectivity index (χ0n) is 11.5. The Morgan fingerprint density at radius 1 is 1.20 bits per heavy atom. The molecule has 20 heavy (non-hydrogen) atoms. The average molecular weight is 380 g/mol. The smallest absolute Gasteiger partial charge is 0.249 e. The van der Waals surface area contributed by atoms with Crippen molar-refractivity contribution in [3.05, 3.63) is 62.7 Å². The molecule has 0 saturated carbocycles. The molecule has 0 aromatic heterocycles. The summed E-state index contributed by atoms with van der Waals surface area (Å²) in [4.78, 5) is 11.4.